The molecule has 10 heteroatoms. The monoisotopic (exact) mass is 422 g/mol. The predicted octanol–water partition coefficient (Wildman–Crippen LogP) is 4.36. The summed E-state index contributed by atoms with van der Waals surface area (Å²) in [7, 11) is 1.41. The number of halogens is 2. The third kappa shape index (κ3) is 4.05. The van der Waals surface area contributed by atoms with Crippen molar-refractivity contribution >= 4 is 34.0 Å². The number of ether oxygens (including phenoxy) is 2. The summed E-state index contributed by atoms with van der Waals surface area (Å²) in [6, 6.07) is 4.53. The second-order valence-corrected chi connectivity index (χ2v) is 6.92. The van der Waals surface area contributed by atoms with E-state index in [0.717, 1.165) is 11.3 Å². The number of aryl methyl sites for hydroxylation is 1. The second-order valence-electron chi connectivity index (χ2n) is 5.57. The van der Waals surface area contributed by atoms with E-state index in [4.69, 9.17) is 21.1 Å². The van der Waals surface area contributed by atoms with Crippen LogP contribution in [0.4, 0.5) is 9.52 Å². The molecule has 0 atom stereocenters. The Bertz CT molecular complexity index is 1030. The summed E-state index contributed by atoms with van der Waals surface area (Å²) in [6.07, 6.45) is 1.37. The van der Waals surface area contributed by atoms with Gasteiger partial charge in [-0.15, -0.1) is 5.10 Å². The molecule has 0 aliphatic carbocycles. The van der Waals surface area contributed by atoms with Crippen molar-refractivity contribution in [3.63, 3.8) is 0 Å². The Labute approximate surface area is 169 Å². The summed E-state index contributed by atoms with van der Waals surface area (Å²) >= 11 is 7.03. The lowest BCUT2D eigenvalue weighted by Crippen LogP contribution is -2.14. The van der Waals surface area contributed by atoms with Crippen LogP contribution < -0.4 is 14.8 Å². The van der Waals surface area contributed by atoms with E-state index in [2.05, 4.69) is 20.5 Å². The molecule has 0 aliphatic rings. The topological polar surface area (TPSA) is 86.2 Å². The first kappa shape index (κ1) is 20.0. The van der Waals surface area contributed by atoms with Crippen LogP contribution in [-0.2, 0) is 0 Å². The Morgan fingerprint density at radius 2 is 2.14 bits per heavy atom. The number of methoxy groups -OCH3 is 1. The van der Waals surface area contributed by atoms with Gasteiger partial charge in [0.25, 0.3) is 11.1 Å². The molecule has 28 heavy (non-hydrogen) atoms. The maximum absolute atomic E-state index is 14.8. The SMILES string of the molecule is CCOc1nnc(NC(=O)c2cnc(C)cc2-c2c(OC)ccc(Cl)c2F)s1. The summed E-state index contributed by atoms with van der Waals surface area (Å²) in [5, 5.41) is 10.8. The van der Waals surface area contributed by atoms with E-state index in [1.54, 1.807) is 13.0 Å². The van der Waals surface area contributed by atoms with Crippen molar-refractivity contribution < 1.29 is 18.7 Å². The number of carbonyl (C=O) groups is 1. The van der Waals surface area contributed by atoms with Crippen molar-refractivity contribution in [2.75, 3.05) is 19.0 Å². The Balaban J connectivity index is 2.04. The number of nitrogens with one attached hydrogen (secondary N) is 1. The fourth-order valence-corrected chi connectivity index (χ4v) is 3.31. The molecule has 146 valence electrons. The molecule has 0 unspecified atom stereocenters. The van der Waals surface area contributed by atoms with Crippen LogP contribution in [0.2, 0.25) is 5.02 Å². The van der Waals surface area contributed by atoms with Gasteiger partial charge in [0.15, 0.2) is 5.82 Å². The minimum Gasteiger partial charge on any atom is -0.496 e. The first-order valence-electron chi connectivity index (χ1n) is 8.21. The van der Waals surface area contributed by atoms with E-state index in [1.165, 1.54) is 25.4 Å². The van der Waals surface area contributed by atoms with E-state index < -0.39 is 11.7 Å². The highest BCUT2D eigenvalue weighted by Crippen LogP contribution is 2.38. The van der Waals surface area contributed by atoms with Crippen LogP contribution in [0.3, 0.4) is 0 Å². The van der Waals surface area contributed by atoms with E-state index in [9.17, 15) is 9.18 Å². The number of hydrogen-bond donors (Lipinski definition) is 1. The number of rotatable bonds is 6. The highest BCUT2D eigenvalue weighted by molar-refractivity contribution is 7.17. The van der Waals surface area contributed by atoms with Gasteiger partial charge in [-0.05, 0) is 43.4 Å². The number of carbonyl (C=O) groups excluding carboxylic acids is 1. The van der Waals surface area contributed by atoms with Crippen molar-refractivity contribution in [2.24, 2.45) is 0 Å². The molecule has 0 bridgehead atoms. The molecular formula is C18H16ClFN4O3S. The lowest BCUT2D eigenvalue weighted by molar-refractivity contribution is 0.102. The van der Waals surface area contributed by atoms with E-state index in [-0.39, 0.29) is 27.0 Å². The third-order valence-corrected chi connectivity index (χ3v) is 4.77. The molecule has 0 radical (unpaired) electrons. The summed E-state index contributed by atoms with van der Waals surface area (Å²) in [5.41, 5.74) is 1.12. The molecule has 1 amide bonds. The Morgan fingerprint density at radius 1 is 1.36 bits per heavy atom. The van der Waals surface area contributed by atoms with Gasteiger partial charge < -0.3 is 9.47 Å². The smallest absolute Gasteiger partial charge is 0.295 e. The molecule has 0 saturated carbocycles. The van der Waals surface area contributed by atoms with Gasteiger partial charge in [0.1, 0.15) is 5.75 Å². The average Bonchev–Trinajstić information content (AvgIpc) is 3.10. The Hall–Kier alpha value is -2.78. The summed E-state index contributed by atoms with van der Waals surface area (Å²) in [5.74, 6) is -0.963. The van der Waals surface area contributed by atoms with E-state index in [0.29, 0.717) is 23.1 Å². The molecule has 3 rings (SSSR count). The maximum atomic E-state index is 14.8. The fraction of sp³-hybridized carbons (Fsp3) is 0.222. The predicted molar refractivity (Wildman–Crippen MR) is 105 cm³/mol. The van der Waals surface area contributed by atoms with Gasteiger partial charge >= 0.3 is 0 Å². The zero-order valence-corrected chi connectivity index (χ0v) is 16.8. The molecule has 2 aromatic heterocycles. The number of aromatic nitrogens is 3. The number of benzene rings is 1. The first-order chi connectivity index (χ1) is 13.4. The lowest BCUT2D eigenvalue weighted by Gasteiger charge is -2.14. The molecule has 2 heterocycles. The van der Waals surface area contributed by atoms with Gasteiger partial charge in [-0.25, -0.2) is 4.39 Å². The van der Waals surface area contributed by atoms with Crippen LogP contribution in [0.25, 0.3) is 11.1 Å². The summed E-state index contributed by atoms with van der Waals surface area (Å²) in [6.45, 7) is 3.98. The number of anilines is 1. The van der Waals surface area contributed by atoms with E-state index >= 15 is 0 Å². The molecule has 0 aliphatic heterocycles. The summed E-state index contributed by atoms with van der Waals surface area (Å²) in [4.78, 5) is 17.0. The maximum Gasteiger partial charge on any atom is 0.295 e. The van der Waals surface area contributed by atoms with Crippen LogP contribution in [0.1, 0.15) is 23.0 Å². The highest BCUT2D eigenvalue weighted by Gasteiger charge is 2.22. The molecular weight excluding hydrogens is 407 g/mol. The van der Waals surface area contributed by atoms with Crippen molar-refractivity contribution in [2.45, 2.75) is 13.8 Å². The minimum absolute atomic E-state index is 0.0814. The zero-order chi connectivity index (χ0) is 20.3. The van der Waals surface area contributed by atoms with Gasteiger partial charge in [0.2, 0.25) is 5.13 Å². The number of amides is 1. The van der Waals surface area contributed by atoms with Crippen molar-refractivity contribution in [3.05, 3.63) is 46.5 Å². The van der Waals surface area contributed by atoms with Crippen LogP contribution in [0.5, 0.6) is 10.9 Å². The van der Waals surface area contributed by atoms with Crippen LogP contribution in [0.15, 0.2) is 24.4 Å². The second kappa shape index (κ2) is 8.49. The van der Waals surface area contributed by atoms with Crippen molar-refractivity contribution in [1.29, 1.82) is 0 Å². The Kier molecular flexibility index (Phi) is 6.05. The van der Waals surface area contributed by atoms with Gasteiger partial charge in [0.05, 0.1) is 29.9 Å². The van der Waals surface area contributed by atoms with Crippen LogP contribution >= 0.6 is 22.9 Å². The van der Waals surface area contributed by atoms with Gasteiger partial charge in [0, 0.05) is 17.5 Å². The van der Waals surface area contributed by atoms with Gasteiger partial charge in [-0.2, -0.15) is 0 Å². The minimum atomic E-state index is -0.685. The molecule has 0 saturated heterocycles. The largest absolute Gasteiger partial charge is 0.496 e. The lowest BCUT2D eigenvalue weighted by atomic mass is 9.98. The quantitative estimate of drug-likeness (QED) is 0.635. The first-order valence-corrected chi connectivity index (χ1v) is 9.40. The molecule has 0 fully saturated rings. The third-order valence-electron chi connectivity index (χ3n) is 3.73. The van der Waals surface area contributed by atoms with Crippen molar-refractivity contribution in [1.82, 2.24) is 15.2 Å². The standard InChI is InChI=1S/C18H16ClFN4O3S/c1-4-27-18-24-23-17(28-18)22-16(25)11-8-21-9(2)7-10(11)14-13(26-3)6-5-12(19)15(14)20/h5-8H,4H2,1-3H3,(H,22,23,25). The van der Waals surface area contributed by atoms with Gasteiger partial charge in [-0.1, -0.05) is 16.7 Å². The molecule has 1 N–H and O–H groups in total. The van der Waals surface area contributed by atoms with Crippen LogP contribution in [-0.4, -0.2) is 34.8 Å². The molecule has 1 aromatic carbocycles. The molecule has 0 spiro atoms. The van der Waals surface area contributed by atoms with E-state index in [1.807, 2.05) is 6.92 Å². The Morgan fingerprint density at radius 3 is 2.86 bits per heavy atom. The average molecular weight is 423 g/mol. The highest BCUT2D eigenvalue weighted by atomic mass is 35.5. The molecule has 3 aromatic rings. The number of nitrogens with zero attached hydrogens (tertiary/aromatic N) is 3. The normalized spacial score (nSPS) is 10.6. The van der Waals surface area contributed by atoms with Crippen LogP contribution in [0, 0.1) is 12.7 Å². The fourth-order valence-electron chi connectivity index (χ4n) is 2.51. The summed E-state index contributed by atoms with van der Waals surface area (Å²) < 4.78 is 25.3. The molecule has 7 nitrogen and oxygen atoms in total. The number of hydrogen-bond acceptors (Lipinski definition) is 7. The number of pyridine rings is 1. The van der Waals surface area contributed by atoms with Crippen molar-refractivity contribution in [3.8, 4) is 22.1 Å². The zero-order valence-electron chi connectivity index (χ0n) is 15.2. The van der Waals surface area contributed by atoms with Gasteiger partial charge in [-0.3, -0.25) is 15.1 Å².